The lowest BCUT2D eigenvalue weighted by molar-refractivity contribution is -0.132. The van der Waals surface area contributed by atoms with Crippen LogP contribution in [0.25, 0.3) is 0 Å². The highest BCUT2D eigenvalue weighted by molar-refractivity contribution is 5.97. The molecule has 1 aromatic heterocycles. The van der Waals surface area contributed by atoms with Gasteiger partial charge in [0.25, 0.3) is 5.91 Å². The zero-order valence-corrected chi connectivity index (χ0v) is 12.2. The zero-order valence-electron chi connectivity index (χ0n) is 12.2. The van der Waals surface area contributed by atoms with Gasteiger partial charge in [0.2, 0.25) is 5.91 Å². The summed E-state index contributed by atoms with van der Waals surface area (Å²) in [5, 5.41) is 3.19. The van der Waals surface area contributed by atoms with Gasteiger partial charge in [-0.1, -0.05) is 0 Å². The third-order valence-electron chi connectivity index (χ3n) is 3.46. The van der Waals surface area contributed by atoms with Gasteiger partial charge in [-0.25, -0.2) is 0 Å². The molecule has 6 heteroatoms. The van der Waals surface area contributed by atoms with Gasteiger partial charge in [-0.15, -0.1) is 0 Å². The van der Waals surface area contributed by atoms with Crippen LogP contribution in [0.1, 0.15) is 21.9 Å². The predicted octanol–water partition coefficient (Wildman–Crippen LogP) is 0.400. The molecule has 1 saturated heterocycles. The lowest BCUT2D eigenvalue weighted by Crippen LogP contribution is -2.49. The van der Waals surface area contributed by atoms with E-state index in [9.17, 15) is 9.59 Å². The van der Waals surface area contributed by atoms with E-state index in [0.29, 0.717) is 30.2 Å². The number of amides is 2. The molecule has 0 saturated carbocycles. The molecule has 1 fully saturated rings. The van der Waals surface area contributed by atoms with Gasteiger partial charge in [-0.05, 0) is 19.9 Å². The Morgan fingerprint density at radius 1 is 1.35 bits per heavy atom. The first-order chi connectivity index (χ1) is 9.49. The predicted molar refractivity (Wildman–Crippen MR) is 74.6 cm³/mol. The van der Waals surface area contributed by atoms with Crippen molar-refractivity contribution in [1.82, 2.24) is 15.1 Å². The van der Waals surface area contributed by atoms with Crippen LogP contribution >= 0.6 is 0 Å². The molecule has 2 heterocycles. The number of hydrogen-bond acceptors (Lipinski definition) is 4. The van der Waals surface area contributed by atoms with E-state index in [1.807, 2.05) is 0 Å². The minimum Gasteiger partial charge on any atom is -0.466 e. The second kappa shape index (κ2) is 6.09. The molecule has 1 aliphatic heterocycles. The van der Waals surface area contributed by atoms with Crippen molar-refractivity contribution in [2.24, 2.45) is 0 Å². The first-order valence-corrected chi connectivity index (χ1v) is 6.80. The summed E-state index contributed by atoms with van der Waals surface area (Å²) in [6.45, 7) is 6.67. The maximum absolute atomic E-state index is 12.3. The molecule has 0 spiro atoms. The number of likely N-dealkylation sites (N-methyl/N-ethyl adjacent to an activating group) is 1. The Kier molecular flexibility index (Phi) is 4.44. The van der Waals surface area contributed by atoms with E-state index in [-0.39, 0.29) is 18.4 Å². The van der Waals surface area contributed by atoms with E-state index in [1.165, 1.54) is 4.90 Å². The van der Waals surface area contributed by atoms with Crippen LogP contribution in [0.4, 0.5) is 0 Å². The highest BCUT2D eigenvalue weighted by atomic mass is 16.3. The van der Waals surface area contributed by atoms with Crippen LogP contribution < -0.4 is 5.32 Å². The van der Waals surface area contributed by atoms with E-state index >= 15 is 0 Å². The van der Waals surface area contributed by atoms with E-state index in [2.05, 4.69) is 5.32 Å². The van der Waals surface area contributed by atoms with Crippen LogP contribution in [0.15, 0.2) is 10.5 Å². The average Bonchev–Trinajstić information content (AvgIpc) is 2.77. The largest absolute Gasteiger partial charge is 0.466 e. The van der Waals surface area contributed by atoms with Crippen molar-refractivity contribution in [3.8, 4) is 0 Å². The number of furan rings is 1. The van der Waals surface area contributed by atoms with Gasteiger partial charge in [0.15, 0.2) is 0 Å². The molecule has 1 aliphatic rings. The highest BCUT2D eigenvalue weighted by Gasteiger charge is 2.22. The van der Waals surface area contributed by atoms with Gasteiger partial charge in [-0.3, -0.25) is 9.59 Å². The van der Waals surface area contributed by atoms with E-state index in [4.69, 9.17) is 4.42 Å². The Morgan fingerprint density at radius 2 is 2.00 bits per heavy atom. The number of aryl methyl sites for hydroxylation is 2. The van der Waals surface area contributed by atoms with Crippen LogP contribution in [0, 0.1) is 13.8 Å². The van der Waals surface area contributed by atoms with Gasteiger partial charge in [-0.2, -0.15) is 0 Å². The summed E-state index contributed by atoms with van der Waals surface area (Å²) in [6.07, 6.45) is 0. The fraction of sp³-hybridized carbons (Fsp3) is 0.571. The highest BCUT2D eigenvalue weighted by Crippen LogP contribution is 2.15. The molecule has 0 atom stereocenters. The Bertz CT molecular complexity index is 504. The maximum atomic E-state index is 12.3. The Balaban J connectivity index is 1.97. The van der Waals surface area contributed by atoms with Crippen molar-refractivity contribution in [3.05, 3.63) is 23.2 Å². The first-order valence-electron chi connectivity index (χ1n) is 6.80. The molecule has 1 aromatic rings. The number of hydrogen-bond donors (Lipinski definition) is 1. The minimum absolute atomic E-state index is 0.0137. The summed E-state index contributed by atoms with van der Waals surface area (Å²) in [7, 11) is 1.64. The molecular formula is C14H21N3O3. The molecular weight excluding hydrogens is 258 g/mol. The van der Waals surface area contributed by atoms with Crippen molar-refractivity contribution in [3.63, 3.8) is 0 Å². The molecule has 110 valence electrons. The number of carbonyl (C=O) groups is 2. The van der Waals surface area contributed by atoms with Crippen molar-refractivity contribution in [2.45, 2.75) is 13.8 Å². The SMILES string of the molecule is Cc1cc(C(=O)N(C)CC(=O)N2CCNCC2)c(C)o1. The van der Waals surface area contributed by atoms with E-state index in [0.717, 1.165) is 13.1 Å². The van der Waals surface area contributed by atoms with Crippen LogP contribution in [-0.2, 0) is 4.79 Å². The third kappa shape index (κ3) is 3.19. The molecule has 0 radical (unpaired) electrons. The third-order valence-corrected chi connectivity index (χ3v) is 3.46. The lowest BCUT2D eigenvalue weighted by atomic mass is 10.2. The molecule has 6 nitrogen and oxygen atoms in total. The Morgan fingerprint density at radius 3 is 2.55 bits per heavy atom. The average molecular weight is 279 g/mol. The molecule has 1 N–H and O–H groups in total. The summed E-state index contributed by atoms with van der Waals surface area (Å²) in [5.41, 5.74) is 0.526. The molecule has 0 unspecified atom stereocenters. The topological polar surface area (TPSA) is 65.8 Å². The summed E-state index contributed by atoms with van der Waals surface area (Å²) < 4.78 is 5.36. The van der Waals surface area contributed by atoms with Crippen molar-refractivity contribution in [1.29, 1.82) is 0 Å². The Labute approximate surface area is 118 Å². The molecule has 2 amide bonds. The maximum Gasteiger partial charge on any atom is 0.257 e. The number of carbonyl (C=O) groups excluding carboxylic acids is 2. The molecule has 0 bridgehead atoms. The number of nitrogens with one attached hydrogen (secondary N) is 1. The summed E-state index contributed by atoms with van der Waals surface area (Å²) in [4.78, 5) is 27.6. The van der Waals surface area contributed by atoms with Crippen LogP contribution in [0.3, 0.4) is 0 Å². The standard InChI is InChI=1S/C14H21N3O3/c1-10-8-12(11(2)20-10)14(19)16(3)9-13(18)17-6-4-15-5-7-17/h8,15H,4-7,9H2,1-3H3. The van der Waals surface area contributed by atoms with Gasteiger partial charge >= 0.3 is 0 Å². The fourth-order valence-electron chi connectivity index (χ4n) is 2.34. The van der Waals surface area contributed by atoms with Crippen LogP contribution in [0.2, 0.25) is 0 Å². The second-order valence-electron chi connectivity index (χ2n) is 5.12. The van der Waals surface area contributed by atoms with Crippen molar-refractivity contribution in [2.75, 3.05) is 39.8 Å². The molecule has 0 aliphatic carbocycles. The normalized spacial score (nSPS) is 15.2. The number of rotatable bonds is 3. The second-order valence-corrected chi connectivity index (χ2v) is 5.12. The van der Waals surface area contributed by atoms with E-state index < -0.39 is 0 Å². The van der Waals surface area contributed by atoms with Crippen LogP contribution in [0.5, 0.6) is 0 Å². The zero-order chi connectivity index (χ0) is 14.7. The number of piperazine rings is 1. The minimum atomic E-state index is -0.178. The van der Waals surface area contributed by atoms with Gasteiger partial charge in [0.1, 0.15) is 11.5 Å². The summed E-state index contributed by atoms with van der Waals surface area (Å²) in [5.74, 6) is 1.10. The molecule has 2 rings (SSSR count). The smallest absolute Gasteiger partial charge is 0.257 e. The lowest BCUT2D eigenvalue weighted by Gasteiger charge is -2.29. The fourth-order valence-corrected chi connectivity index (χ4v) is 2.34. The first kappa shape index (κ1) is 14.6. The monoisotopic (exact) mass is 279 g/mol. The Hall–Kier alpha value is -1.82. The van der Waals surface area contributed by atoms with Gasteiger partial charge in [0, 0.05) is 33.2 Å². The molecule has 20 heavy (non-hydrogen) atoms. The quantitative estimate of drug-likeness (QED) is 0.870. The van der Waals surface area contributed by atoms with Crippen molar-refractivity contribution < 1.29 is 14.0 Å². The van der Waals surface area contributed by atoms with Gasteiger partial charge < -0.3 is 19.5 Å². The summed E-state index contributed by atoms with van der Waals surface area (Å²) in [6, 6.07) is 1.71. The number of nitrogens with zero attached hydrogens (tertiary/aromatic N) is 2. The molecule has 0 aromatic carbocycles. The van der Waals surface area contributed by atoms with Crippen molar-refractivity contribution >= 4 is 11.8 Å². The van der Waals surface area contributed by atoms with E-state index in [1.54, 1.807) is 31.9 Å². The van der Waals surface area contributed by atoms with Crippen LogP contribution in [-0.4, -0.2) is 61.4 Å². The summed E-state index contributed by atoms with van der Waals surface area (Å²) >= 11 is 0. The van der Waals surface area contributed by atoms with Gasteiger partial charge in [0.05, 0.1) is 12.1 Å².